The fourth-order valence-corrected chi connectivity index (χ4v) is 4.05. The standard InChI is InChI=1S/C18H23N5O2.C5H8O/c1-4-19-16-14-17(22-15(21-14)12(2)10-24)23(11-20-16)18(25-3)13-8-6-5-7-9-13;1-2-5-3-4(1)6-5/h5-9,11-12,18,24H,4,10H2,1-3H3,(H,21,22);4-5H,1-3H2. The van der Waals surface area contributed by atoms with Crippen molar-refractivity contribution >= 4 is 11.2 Å². The zero-order chi connectivity index (χ0) is 21.8. The van der Waals surface area contributed by atoms with Gasteiger partial charge >= 0.3 is 0 Å². The summed E-state index contributed by atoms with van der Waals surface area (Å²) in [5.74, 6) is 0.600. The third-order valence-corrected chi connectivity index (χ3v) is 5.81. The molecule has 4 atom stereocenters. The lowest BCUT2D eigenvalue weighted by molar-refractivity contribution is -0.0647. The number of aliphatic hydroxyl groups excluding tert-OH is 1. The molecule has 1 aromatic carbocycles. The predicted molar refractivity (Wildman–Crippen MR) is 118 cm³/mol. The van der Waals surface area contributed by atoms with Crippen molar-refractivity contribution < 1.29 is 14.6 Å². The van der Waals surface area contributed by atoms with E-state index >= 15 is 0 Å². The number of nitrogens with zero attached hydrogens (tertiary/aromatic N) is 4. The first-order valence-corrected chi connectivity index (χ1v) is 11.0. The molecule has 2 aliphatic heterocycles. The number of hydrogen-bond acceptors (Lipinski definition) is 6. The normalized spacial score (nSPS) is 22.0. The van der Waals surface area contributed by atoms with Crippen molar-refractivity contribution in [3.8, 4) is 0 Å². The lowest BCUT2D eigenvalue weighted by atomic mass is 10.2. The number of H-pyrrole nitrogens is 1. The highest BCUT2D eigenvalue weighted by molar-refractivity contribution is 5.70. The molecule has 31 heavy (non-hydrogen) atoms. The molecule has 2 N–H and O–H groups in total. The van der Waals surface area contributed by atoms with Crippen molar-refractivity contribution in [1.29, 1.82) is 0 Å². The summed E-state index contributed by atoms with van der Waals surface area (Å²) in [6, 6.07) is 9.91. The third-order valence-electron chi connectivity index (χ3n) is 5.81. The summed E-state index contributed by atoms with van der Waals surface area (Å²) < 4.78 is 12.8. The lowest BCUT2D eigenvalue weighted by Crippen LogP contribution is -2.25. The molecule has 3 aliphatic rings. The van der Waals surface area contributed by atoms with Gasteiger partial charge in [-0.15, -0.1) is 0 Å². The predicted octanol–water partition coefficient (Wildman–Crippen LogP) is 2.91. The Labute approximate surface area is 182 Å². The topological polar surface area (TPSA) is 97.6 Å². The highest BCUT2D eigenvalue weighted by atomic mass is 16.5. The number of nitrogens with one attached hydrogen (secondary N) is 1. The van der Waals surface area contributed by atoms with Crippen LogP contribution in [0.4, 0.5) is 0 Å². The first kappa shape index (κ1) is 21.7. The van der Waals surface area contributed by atoms with Crippen LogP contribution in [0.25, 0.3) is 11.2 Å². The molecule has 0 radical (unpaired) electrons. The van der Waals surface area contributed by atoms with Crippen LogP contribution in [0.15, 0.2) is 41.7 Å². The minimum atomic E-state index is -0.354. The van der Waals surface area contributed by atoms with Gasteiger partial charge in [0.15, 0.2) is 17.4 Å². The molecule has 2 bridgehead atoms. The Kier molecular flexibility index (Phi) is 6.80. The van der Waals surface area contributed by atoms with Crippen LogP contribution in [0.2, 0.25) is 0 Å². The summed E-state index contributed by atoms with van der Waals surface area (Å²) in [6.45, 7) is 4.52. The van der Waals surface area contributed by atoms with E-state index in [9.17, 15) is 5.11 Å². The van der Waals surface area contributed by atoms with E-state index < -0.39 is 0 Å². The van der Waals surface area contributed by atoms with Crippen molar-refractivity contribution in [3.05, 3.63) is 53.5 Å². The van der Waals surface area contributed by atoms with Gasteiger partial charge in [-0.3, -0.25) is 9.56 Å². The lowest BCUT2D eigenvalue weighted by Gasteiger charge is -2.23. The minimum absolute atomic E-state index is 0.0138. The fraction of sp³-hybridized carbons (Fsp3) is 0.522. The monoisotopic (exact) mass is 425 g/mol. The Morgan fingerprint density at radius 3 is 2.55 bits per heavy atom. The molecule has 3 fully saturated rings. The van der Waals surface area contributed by atoms with Crippen LogP contribution in [-0.4, -0.2) is 57.1 Å². The average molecular weight is 426 g/mol. The number of rotatable bonds is 6. The molecule has 0 spiro atoms. The Morgan fingerprint density at radius 1 is 1.29 bits per heavy atom. The van der Waals surface area contributed by atoms with E-state index in [1.54, 1.807) is 13.4 Å². The zero-order valence-corrected chi connectivity index (χ0v) is 18.4. The Hall–Kier alpha value is -2.55. The summed E-state index contributed by atoms with van der Waals surface area (Å²) in [5, 5.41) is 9.46. The zero-order valence-electron chi connectivity index (χ0n) is 18.4. The maximum Gasteiger partial charge on any atom is 0.176 e. The smallest absolute Gasteiger partial charge is 0.176 e. The fourth-order valence-electron chi connectivity index (χ4n) is 4.05. The molecular weight excluding hydrogens is 394 g/mol. The highest BCUT2D eigenvalue weighted by Gasteiger charge is 2.36. The van der Waals surface area contributed by atoms with E-state index in [-0.39, 0.29) is 18.8 Å². The van der Waals surface area contributed by atoms with Gasteiger partial charge < -0.3 is 19.6 Å². The molecule has 8 nitrogen and oxygen atoms in total. The van der Waals surface area contributed by atoms with Crippen LogP contribution < -0.4 is 5.49 Å². The van der Waals surface area contributed by atoms with Crippen LogP contribution in [0, 0.1) is 0 Å². The first-order chi connectivity index (χ1) is 15.1. The minimum Gasteiger partial charge on any atom is -0.396 e. The highest BCUT2D eigenvalue weighted by Crippen LogP contribution is 2.36. The summed E-state index contributed by atoms with van der Waals surface area (Å²) in [7, 11) is 1.66. The van der Waals surface area contributed by atoms with E-state index in [0.29, 0.717) is 35.7 Å². The molecule has 3 aromatic rings. The van der Waals surface area contributed by atoms with Crippen LogP contribution in [0.3, 0.4) is 0 Å². The van der Waals surface area contributed by atoms with Crippen molar-refractivity contribution in [2.75, 3.05) is 20.3 Å². The van der Waals surface area contributed by atoms with E-state index in [1.807, 2.05) is 48.7 Å². The molecule has 2 aromatic heterocycles. The molecule has 1 aliphatic carbocycles. The largest absolute Gasteiger partial charge is 0.396 e. The summed E-state index contributed by atoms with van der Waals surface area (Å²) >= 11 is 0. The Morgan fingerprint density at radius 2 is 2.00 bits per heavy atom. The van der Waals surface area contributed by atoms with Crippen LogP contribution >= 0.6 is 0 Å². The number of fused-ring (bicyclic) bond motifs is 2. The Balaban J connectivity index is 0.000000325. The second-order valence-corrected chi connectivity index (χ2v) is 8.05. The van der Waals surface area contributed by atoms with Gasteiger partial charge in [0.25, 0.3) is 0 Å². The number of aliphatic hydroxyl groups is 1. The van der Waals surface area contributed by atoms with Gasteiger partial charge in [-0.1, -0.05) is 37.3 Å². The second-order valence-electron chi connectivity index (χ2n) is 8.05. The molecule has 4 unspecified atom stereocenters. The molecule has 166 valence electrons. The van der Waals surface area contributed by atoms with Crippen molar-refractivity contribution in [3.63, 3.8) is 0 Å². The first-order valence-electron chi connectivity index (χ1n) is 11.0. The van der Waals surface area contributed by atoms with Crippen LogP contribution in [0.1, 0.15) is 56.6 Å². The quantitative estimate of drug-likeness (QED) is 0.633. The number of aromatic amines is 1. The Bertz CT molecular complexity index is 1040. The van der Waals surface area contributed by atoms with Crippen molar-refractivity contribution in [2.24, 2.45) is 4.99 Å². The number of methoxy groups -OCH3 is 1. The summed E-state index contributed by atoms with van der Waals surface area (Å²) in [5.41, 5.74) is 3.06. The van der Waals surface area contributed by atoms with Gasteiger partial charge in [-0.05, 0) is 26.2 Å². The number of hydrogen-bond donors (Lipinski definition) is 2. The molecule has 4 heterocycles. The van der Waals surface area contributed by atoms with Gasteiger partial charge in [0.05, 0.1) is 18.8 Å². The maximum absolute atomic E-state index is 9.46. The van der Waals surface area contributed by atoms with Gasteiger partial charge in [0.1, 0.15) is 17.7 Å². The number of benzene rings is 1. The number of aromatic nitrogens is 4. The molecule has 2 saturated heterocycles. The summed E-state index contributed by atoms with van der Waals surface area (Å²) in [4.78, 5) is 16.9. The van der Waals surface area contributed by atoms with Gasteiger partial charge in [0, 0.05) is 25.1 Å². The van der Waals surface area contributed by atoms with Crippen LogP contribution in [0.5, 0.6) is 0 Å². The van der Waals surface area contributed by atoms with Crippen LogP contribution in [-0.2, 0) is 9.47 Å². The molecule has 1 saturated carbocycles. The van der Waals surface area contributed by atoms with Gasteiger partial charge in [-0.2, -0.15) is 0 Å². The second kappa shape index (κ2) is 9.72. The van der Waals surface area contributed by atoms with Crippen molar-refractivity contribution in [1.82, 2.24) is 19.5 Å². The third kappa shape index (κ3) is 4.56. The number of ether oxygens (including phenoxy) is 2. The maximum atomic E-state index is 9.46. The molecule has 0 amide bonds. The molecule has 6 rings (SSSR count). The van der Waals surface area contributed by atoms with E-state index in [0.717, 1.165) is 11.1 Å². The SMILES string of the molecule is C1CC2CC1O2.CCN=c1ncn(C(OC)c2ccccc2)c2nc(C(C)CO)[nH]c12. The molecular formula is C23H31N5O3. The van der Waals surface area contributed by atoms with E-state index in [2.05, 4.69) is 19.9 Å². The van der Waals surface area contributed by atoms with Gasteiger partial charge in [0.2, 0.25) is 0 Å². The van der Waals surface area contributed by atoms with Gasteiger partial charge in [-0.25, -0.2) is 9.97 Å². The van der Waals surface area contributed by atoms with E-state index in [1.165, 1.54) is 19.3 Å². The average Bonchev–Trinajstić information content (AvgIpc) is 3.53. The molecule has 8 heteroatoms. The summed E-state index contributed by atoms with van der Waals surface area (Å²) in [6.07, 6.45) is 6.76. The van der Waals surface area contributed by atoms with E-state index in [4.69, 9.17) is 9.47 Å². The van der Waals surface area contributed by atoms with Crippen molar-refractivity contribution in [2.45, 2.75) is 57.5 Å². The number of imidazole rings is 1.